The Morgan fingerprint density at radius 2 is 2.11 bits per heavy atom. The highest BCUT2D eigenvalue weighted by Gasteiger charge is 2.12. The Labute approximate surface area is 112 Å². The molecule has 1 aromatic carbocycles. The van der Waals surface area contributed by atoms with Crippen molar-refractivity contribution < 1.29 is 0 Å². The van der Waals surface area contributed by atoms with E-state index in [9.17, 15) is 0 Å². The number of hydrogen-bond donors (Lipinski definition) is 1. The molecule has 1 heterocycles. The van der Waals surface area contributed by atoms with Crippen molar-refractivity contribution in [1.29, 1.82) is 0 Å². The molecular formula is C13H18N4S. The van der Waals surface area contributed by atoms with E-state index < -0.39 is 0 Å². The zero-order valence-corrected chi connectivity index (χ0v) is 11.3. The number of aryl methyl sites for hydroxylation is 1. The van der Waals surface area contributed by atoms with E-state index in [4.69, 9.17) is 5.73 Å². The van der Waals surface area contributed by atoms with Gasteiger partial charge in [-0.3, -0.25) is 0 Å². The average molecular weight is 262 g/mol. The highest BCUT2D eigenvalue weighted by molar-refractivity contribution is 7.99. The predicted molar refractivity (Wildman–Crippen MR) is 74.4 cm³/mol. The third kappa shape index (κ3) is 3.34. The van der Waals surface area contributed by atoms with Gasteiger partial charge in [-0.15, -0.1) is 16.9 Å². The second-order valence-corrected chi connectivity index (χ2v) is 5.21. The molecule has 5 heteroatoms. The molecule has 0 fully saturated rings. The van der Waals surface area contributed by atoms with E-state index in [1.54, 1.807) is 18.0 Å². The summed E-state index contributed by atoms with van der Waals surface area (Å²) in [6.07, 6.45) is 2.81. The molecular weight excluding hydrogens is 244 g/mol. The fourth-order valence-electron chi connectivity index (χ4n) is 1.73. The minimum atomic E-state index is -0.0308. The van der Waals surface area contributed by atoms with E-state index in [-0.39, 0.29) is 6.04 Å². The molecule has 0 aliphatic rings. The summed E-state index contributed by atoms with van der Waals surface area (Å²) >= 11 is 1.76. The summed E-state index contributed by atoms with van der Waals surface area (Å²) in [6, 6.07) is 10.3. The van der Waals surface area contributed by atoms with Gasteiger partial charge in [-0.2, -0.15) is 0 Å². The molecule has 18 heavy (non-hydrogen) atoms. The lowest BCUT2D eigenvalue weighted by Gasteiger charge is -2.12. The van der Waals surface area contributed by atoms with Crippen molar-refractivity contribution in [3.05, 3.63) is 42.2 Å². The monoisotopic (exact) mass is 262 g/mol. The van der Waals surface area contributed by atoms with Gasteiger partial charge in [-0.05, 0) is 18.6 Å². The zero-order chi connectivity index (χ0) is 12.8. The summed E-state index contributed by atoms with van der Waals surface area (Å²) in [5, 5.41) is 8.00. The summed E-state index contributed by atoms with van der Waals surface area (Å²) in [4.78, 5) is 1.24. The van der Waals surface area contributed by atoms with Gasteiger partial charge in [-0.25, -0.2) is 4.68 Å². The third-order valence-electron chi connectivity index (χ3n) is 2.64. The lowest BCUT2D eigenvalue weighted by atomic mass is 10.2. The Kier molecular flexibility index (Phi) is 4.78. The van der Waals surface area contributed by atoms with Crippen LogP contribution in [0.3, 0.4) is 0 Å². The fourth-order valence-corrected chi connectivity index (χ4v) is 2.62. The van der Waals surface area contributed by atoms with Gasteiger partial charge in [0.25, 0.3) is 0 Å². The Hall–Kier alpha value is -1.33. The molecule has 2 rings (SSSR count). The summed E-state index contributed by atoms with van der Waals surface area (Å²) in [7, 11) is 0. The average Bonchev–Trinajstić information content (AvgIpc) is 2.86. The van der Waals surface area contributed by atoms with Crippen LogP contribution in [0, 0.1) is 0 Å². The molecule has 4 nitrogen and oxygen atoms in total. The SMILES string of the molecule is CCCn1nncc1C(N)CSc1ccccc1. The van der Waals surface area contributed by atoms with E-state index >= 15 is 0 Å². The van der Waals surface area contributed by atoms with Gasteiger partial charge in [0.05, 0.1) is 17.9 Å². The zero-order valence-electron chi connectivity index (χ0n) is 10.5. The van der Waals surface area contributed by atoms with Crippen LogP contribution in [0.5, 0.6) is 0 Å². The molecule has 0 radical (unpaired) electrons. The maximum atomic E-state index is 6.20. The third-order valence-corrected chi connectivity index (χ3v) is 3.77. The quantitative estimate of drug-likeness (QED) is 0.813. The molecule has 0 spiro atoms. The van der Waals surface area contributed by atoms with Crippen LogP contribution in [0.25, 0.3) is 0 Å². The molecule has 1 atom stereocenters. The van der Waals surface area contributed by atoms with E-state index in [1.807, 2.05) is 22.9 Å². The lowest BCUT2D eigenvalue weighted by molar-refractivity contribution is 0.539. The van der Waals surface area contributed by atoms with Crippen LogP contribution in [-0.2, 0) is 6.54 Å². The largest absolute Gasteiger partial charge is 0.322 e. The molecule has 0 aliphatic carbocycles. The Morgan fingerprint density at radius 3 is 2.83 bits per heavy atom. The number of benzene rings is 1. The molecule has 2 N–H and O–H groups in total. The summed E-state index contributed by atoms with van der Waals surface area (Å²) in [5.41, 5.74) is 7.21. The predicted octanol–water partition coefficient (Wildman–Crippen LogP) is 2.48. The maximum Gasteiger partial charge on any atom is 0.0762 e. The molecule has 0 amide bonds. The van der Waals surface area contributed by atoms with Crippen LogP contribution in [0.15, 0.2) is 41.4 Å². The molecule has 0 bridgehead atoms. The number of nitrogens with two attached hydrogens (primary N) is 1. The number of aromatic nitrogens is 3. The molecule has 0 saturated heterocycles. The minimum Gasteiger partial charge on any atom is -0.322 e. The Morgan fingerprint density at radius 1 is 1.33 bits per heavy atom. The van der Waals surface area contributed by atoms with Crippen LogP contribution in [0.2, 0.25) is 0 Å². The lowest BCUT2D eigenvalue weighted by Crippen LogP contribution is -2.18. The smallest absolute Gasteiger partial charge is 0.0762 e. The van der Waals surface area contributed by atoms with Crippen molar-refractivity contribution in [3.63, 3.8) is 0 Å². The minimum absolute atomic E-state index is 0.0308. The normalized spacial score (nSPS) is 12.6. The first kappa shape index (κ1) is 13.1. The van der Waals surface area contributed by atoms with Crippen molar-refractivity contribution in [2.24, 2.45) is 5.73 Å². The molecule has 0 saturated carbocycles. The first-order chi connectivity index (χ1) is 8.81. The molecule has 1 unspecified atom stereocenters. The summed E-state index contributed by atoms with van der Waals surface area (Å²) in [6.45, 7) is 2.99. The van der Waals surface area contributed by atoms with Crippen molar-refractivity contribution in [1.82, 2.24) is 15.0 Å². The van der Waals surface area contributed by atoms with Crippen LogP contribution in [0.4, 0.5) is 0 Å². The van der Waals surface area contributed by atoms with Crippen molar-refractivity contribution in [3.8, 4) is 0 Å². The number of nitrogens with zero attached hydrogens (tertiary/aromatic N) is 3. The number of thioether (sulfide) groups is 1. The summed E-state index contributed by atoms with van der Waals surface area (Å²) in [5.74, 6) is 0.834. The van der Waals surface area contributed by atoms with Gasteiger partial charge in [0, 0.05) is 17.2 Å². The van der Waals surface area contributed by atoms with E-state index in [1.165, 1.54) is 4.90 Å². The van der Waals surface area contributed by atoms with Crippen molar-refractivity contribution >= 4 is 11.8 Å². The topological polar surface area (TPSA) is 56.7 Å². The number of hydrogen-bond acceptors (Lipinski definition) is 4. The maximum absolute atomic E-state index is 6.20. The Bertz CT molecular complexity index is 469. The molecule has 1 aromatic heterocycles. The molecule has 0 aliphatic heterocycles. The number of rotatable bonds is 6. The van der Waals surface area contributed by atoms with Crippen molar-refractivity contribution in [2.75, 3.05) is 5.75 Å². The van der Waals surface area contributed by atoms with Gasteiger partial charge < -0.3 is 5.73 Å². The van der Waals surface area contributed by atoms with Gasteiger partial charge in [0.1, 0.15) is 0 Å². The van der Waals surface area contributed by atoms with Gasteiger partial charge in [0.15, 0.2) is 0 Å². The van der Waals surface area contributed by atoms with E-state index in [0.29, 0.717) is 0 Å². The van der Waals surface area contributed by atoms with Gasteiger partial charge >= 0.3 is 0 Å². The van der Waals surface area contributed by atoms with Crippen LogP contribution in [-0.4, -0.2) is 20.7 Å². The van der Waals surface area contributed by atoms with Gasteiger partial charge in [0.2, 0.25) is 0 Å². The second kappa shape index (κ2) is 6.56. The highest BCUT2D eigenvalue weighted by Crippen LogP contribution is 2.22. The molecule has 2 aromatic rings. The van der Waals surface area contributed by atoms with Gasteiger partial charge in [-0.1, -0.05) is 30.3 Å². The summed E-state index contributed by atoms with van der Waals surface area (Å²) < 4.78 is 1.90. The van der Waals surface area contributed by atoms with E-state index in [2.05, 4.69) is 29.4 Å². The van der Waals surface area contributed by atoms with E-state index in [0.717, 1.165) is 24.4 Å². The first-order valence-corrected chi connectivity index (χ1v) is 7.11. The van der Waals surface area contributed by atoms with Crippen molar-refractivity contribution in [2.45, 2.75) is 30.8 Å². The highest BCUT2D eigenvalue weighted by atomic mass is 32.2. The second-order valence-electron chi connectivity index (χ2n) is 4.11. The van der Waals surface area contributed by atoms with Crippen LogP contribution in [0.1, 0.15) is 25.1 Å². The van der Waals surface area contributed by atoms with Crippen LogP contribution >= 0.6 is 11.8 Å². The Balaban J connectivity index is 1.95. The fraction of sp³-hybridized carbons (Fsp3) is 0.385. The molecule has 96 valence electrons. The standard InChI is InChI=1S/C13H18N4S/c1-2-8-17-13(9-15-16-17)12(14)10-18-11-6-4-3-5-7-11/h3-7,9,12H,2,8,10,14H2,1H3. The van der Waals surface area contributed by atoms with Crippen LogP contribution < -0.4 is 5.73 Å². The first-order valence-electron chi connectivity index (χ1n) is 6.13.